The van der Waals surface area contributed by atoms with E-state index in [0.29, 0.717) is 40.9 Å². The number of carbonyl (C=O) groups excluding carboxylic acids is 3. The molecule has 10 heteroatoms. The van der Waals surface area contributed by atoms with Crippen molar-refractivity contribution in [1.82, 2.24) is 19.9 Å². The van der Waals surface area contributed by atoms with E-state index in [1.54, 1.807) is 6.92 Å². The number of hydrogen-bond donors (Lipinski definition) is 2. The molecular weight excluding hydrogens is 560 g/mol. The monoisotopic (exact) mass is 600 g/mol. The molecule has 2 aliphatic rings. The molecule has 8 bridgehead atoms. The summed E-state index contributed by atoms with van der Waals surface area (Å²) in [7, 11) is 4.08. The van der Waals surface area contributed by atoms with Gasteiger partial charge in [0.1, 0.15) is 0 Å². The van der Waals surface area contributed by atoms with Crippen LogP contribution in [0.5, 0.6) is 0 Å². The van der Waals surface area contributed by atoms with Crippen LogP contribution < -0.4 is 0 Å². The number of fused-ring (bicyclic) bond motifs is 8. The van der Waals surface area contributed by atoms with Crippen LogP contribution in [0.1, 0.15) is 79.5 Å². The molecule has 1 atom stereocenters. The van der Waals surface area contributed by atoms with Crippen molar-refractivity contribution in [3.05, 3.63) is 69.8 Å². The lowest BCUT2D eigenvalue weighted by Crippen LogP contribution is -2.12. The Morgan fingerprint density at radius 1 is 0.864 bits per heavy atom. The van der Waals surface area contributed by atoms with Gasteiger partial charge in [-0.05, 0) is 73.7 Å². The van der Waals surface area contributed by atoms with E-state index in [4.69, 9.17) is 19.4 Å². The number of aryl methyl sites for hydroxylation is 2. The van der Waals surface area contributed by atoms with Gasteiger partial charge in [-0.15, -0.1) is 0 Å². The molecule has 5 heterocycles. The van der Waals surface area contributed by atoms with Gasteiger partial charge in [0.15, 0.2) is 0 Å². The van der Waals surface area contributed by atoms with E-state index in [0.717, 1.165) is 51.0 Å². The van der Waals surface area contributed by atoms with Gasteiger partial charge in [-0.25, -0.2) is 9.78 Å². The fourth-order valence-electron chi connectivity index (χ4n) is 5.35. The Hall–Kier alpha value is -4.73. The molecule has 1 unspecified atom stereocenters. The van der Waals surface area contributed by atoms with Crippen molar-refractivity contribution in [3.63, 3.8) is 0 Å². The smallest absolute Gasteiger partial charge is 0.340 e. The third-order valence-corrected chi connectivity index (χ3v) is 7.88. The highest BCUT2D eigenvalue weighted by Crippen LogP contribution is 2.36. The molecular formula is C34H40N4O6. The summed E-state index contributed by atoms with van der Waals surface area (Å²) in [5.74, 6) is -0.968. The zero-order valence-corrected chi connectivity index (χ0v) is 26.6. The fourth-order valence-corrected chi connectivity index (χ4v) is 5.35. The average molecular weight is 601 g/mol. The number of aromatic nitrogens is 4. The van der Waals surface area contributed by atoms with Crippen LogP contribution in [0.15, 0.2) is 30.3 Å². The minimum absolute atomic E-state index is 0.0529. The first-order valence-electron chi connectivity index (χ1n) is 14.7. The van der Waals surface area contributed by atoms with Crippen molar-refractivity contribution in [3.8, 4) is 0 Å². The Morgan fingerprint density at radius 3 is 2.16 bits per heavy atom. The van der Waals surface area contributed by atoms with E-state index >= 15 is 0 Å². The van der Waals surface area contributed by atoms with Crippen LogP contribution in [0.2, 0.25) is 0 Å². The van der Waals surface area contributed by atoms with Crippen LogP contribution >= 0.6 is 0 Å². The first kappa shape index (κ1) is 32.2. The molecule has 3 aromatic rings. The Kier molecular flexibility index (Phi) is 10.0. The maximum absolute atomic E-state index is 13.0. The summed E-state index contributed by atoms with van der Waals surface area (Å²) < 4.78 is 14.4. The molecule has 0 aliphatic carbocycles. The van der Waals surface area contributed by atoms with Crippen LogP contribution in [0.4, 0.5) is 0 Å². The standard InChI is InChI=1S/C30H32N4O4.C4H8O2/c1-7-18-10-20-11-19-8-15(2)22(31-19)13-23-16(3)9-26(33-23)21(12-27(35)37-5)29-28(30(36)38-6)17(4)24(34-29)14-25(18)32-20;1-3-4(5)6-2/h8,10-11,13-14,16,31-32H,7,9,12H2,1-6H3;3H2,1-2H3. The van der Waals surface area contributed by atoms with Crippen LogP contribution in [0.3, 0.4) is 0 Å². The van der Waals surface area contributed by atoms with Gasteiger partial charge in [-0.3, -0.25) is 14.6 Å². The van der Waals surface area contributed by atoms with E-state index in [1.165, 1.54) is 21.3 Å². The first-order chi connectivity index (χ1) is 21.0. The van der Waals surface area contributed by atoms with Gasteiger partial charge >= 0.3 is 17.9 Å². The molecule has 0 saturated heterocycles. The van der Waals surface area contributed by atoms with Crippen molar-refractivity contribution in [1.29, 1.82) is 0 Å². The zero-order chi connectivity index (χ0) is 32.1. The van der Waals surface area contributed by atoms with Gasteiger partial charge in [0.2, 0.25) is 0 Å². The highest BCUT2D eigenvalue weighted by molar-refractivity contribution is 6.25. The summed E-state index contributed by atoms with van der Waals surface area (Å²) in [6.45, 7) is 9.89. The number of esters is 3. The zero-order valence-electron chi connectivity index (χ0n) is 26.6. The number of H-pyrrole nitrogens is 2. The minimum Gasteiger partial charge on any atom is -0.469 e. The molecule has 0 saturated carbocycles. The summed E-state index contributed by atoms with van der Waals surface area (Å²) in [6.07, 6.45) is 1.85. The largest absolute Gasteiger partial charge is 0.469 e. The van der Waals surface area contributed by atoms with E-state index < -0.39 is 11.9 Å². The minimum atomic E-state index is -0.502. The molecule has 232 valence electrons. The van der Waals surface area contributed by atoms with E-state index in [9.17, 15) is 14.4 Å². The predicted molar refractivity (Wildman–Crippen MR) is 170 cm³/mol. The fraction of sp³-hybridized carbons (Fsp3) is 0.382. The molecule has 0 aromatic carbocycles. The third-order valence-electron chi connectivity index (χ3n) is 7.88. The summed E-state index contributed by atoms with van der Waals surface area (Å²) in [6, 6.07) is 10.4. The predicted octanol–water partition coefficient (Wildman–Crippen LogP) is 5.92. The Bertz CT molecular complexity index is 1790. The molecule has 2 aliphatic heterocycles. The van der Waals surface area contributed by atoms with E-state index in [1.807, 2.05) is 13.0 Å². The summed E-state index contributed by atoms with van der Waals surface area (Å²) in [4.78, 5) is 52.5. The maximum atomic E-state index is 13.0. The molecule has 3 aromatic heterocycles. The number of nitrogens with one attached hydrogen (secondary N) is 2. The molecule has 0 spiro atoms. The highest BCUT2D eigenvalue weighted by Gasteiger charge is 2.30. The second kappa shape index (κ2) is 13.7. The van der Waals surface area contributed by atoms with Gasteiger partial charge in [0.25, 0.3) is 0 Å². The van der Waals surface area contributed by atoms with Crippen molar-refractivity contribution in [2.24, 2.45) is 0 Å². The topological polar surface area (TPSA) is 136 Å². The number of hydrogen-bond acceptors (Lipinski definition) is 8. The highest BCUT2D eigenvalue weighted by atomic mass is 16.5. The average Bonchev–Trinajstić information content (AvgIpc) is 3.76. The van der Waals surface area contributed by atoms with E-state index in [2.05, 4.69) is 59.7 Å². The molecule has 10 nitrogen and oxygen atoms in total. The lowest BCUT2D eigenvalue weighted by Gasteiger charge is -2.09. The molecule has 0 radical (unpaired) electrons. The normalized spacial score (nSPS) is 14.0. The van der Waals surface area contributed by atoms with Crippen LogP contribution in [0.25, 0.3) is 33.2 Å². The second-order valence-corrected chi connectivity index (χ2v) is 10.9. The molecule has 0 fully saturated rings. The number of nitrogens with zero attached hydrogens (tertiary/aromatic N) is 2. The SMILES string of the molecule is CCC(=O)OC.CCc1cc2cc3cc(C)c(cc4nc(c(CC(=O)OC)c5nc(cc1[nH]2)C(C)=C5C(=O)OC)CC4C)[nH]3. The van der Waals surface area contributed by atoms with Gasteiger partial charge in [-0.2, -0.15) is 0 Å². The Morgan fingerprint density at radius 2 is 1.55 bits per heavy atom. The van der Waals surface area contributed by atoms with Crippen molar-refractivity contribution in [2.75, 3.05) is 21.3 Å². The Labute approximate surface area is 256 Å². The lowest BCUT2D eigenvalue weighted by atomic mass is 9.97. The van der Waals surface area contributed by atoms with Gasteiger partial charge in [0, 0.05) is 51.4 Å². The second-order valence-electron chi connectivity index (χ2n) is 10.9. The van der Waals surface area contributed by atoms with Gasteiger partial charge < -0.3 is 24.2 Å². The number of allylic oxidation sites excluding steroid dienone is 1. The maximum Gasteiger partial charge on any atom is 0.340 e. The number of ether oxygens (including phenoxy) is 3. The van der Waals surface area contributed by atoms with Crippen LogP contribution in [0, 0.1) is 6.92 Å². The van der Waals surface area contributed by atoms with Crippen molar-refractivity contribution < 1.29 is 28.6 Å². The van der Waals surface area contributed by atoms with Gasteiger partial charge in [-0.1, -0.05) is 20.8 Å². The summed E-state index contributed by atoms with van der Waals surface area (Å²) in [5.41, 5.74) is 10.4. The molecule has 0 amide bonds. The number of carbonyl (C=O) groups is 3. The Balaban J connectivity index is 0.000000670. The van der Waals surface area contributed by atoms with Crippen LogP contribution in [-0.2, 0) is 47.9 Å². The number of methoxy groups -OCH3 is 3. The quantitative estimate of drug-likeness (QED) is 0.272. The van der Waals surface area contributed by atoms with Crippen LogP contribution in [-0.4, -0.2) is 59.2 Å². The van der Waals surface area contributed by atoms with Crippen molar-refractivity contribution >= 4 is 51.1 Å². The van der Waals surface area contributed by atoms with Crippen molar-refractivity contribution in [2.45, 2.75) is 66.2 Å². The molecule has 2 N–H and O–H groups in total. The van der Waals surface area contributed by atoms with Gasteiger partial charge in [0.05, 0.1) is 44.7 Å². The number of rotatable bonds is 5. The summed E-state index contributed by atoms with van der Waals surface area (Å²) in [5, 5.41) is 0. The third kappa shape index (κ3) is 6.74. The summed E-state index contributed by atoms with van der Waals surface area (Å²) >= 11 is 0. The van der Waals surface area contributed by atoms with E-state index in [-0.39, 0.29) is 18.3 Å². The lowest BCUT2D eigenvalue weighted by molar-refractivity contribution is -0.140. The molecule has 44 heavy (non-hydrogen) atoms. The first-order valence-corrected chi connectivity index (χ1v) is 14.7. The molecule has 5 rings (SSSR count). The number of aromatic amines is 2.